The number of carbonyl (C=O) groups is 1. The number of rotatable bonds is 7. The van der Waals surface area contributed by atoms with Gasteiger partial charge < -0.3 is 13.9 Å². The van der Waals surface area contributed by atoms with Crippen molar-refractivity contribution in [3.8, 4) is 11.5 Å². The molecule has 6 nitrogen and oxygen atoms in total. The van der Waals surface area contributed by atoms with E-state index in [1.807, 2.05) is 19.9 Å². The highest BCUT2D eigenvalue weighted by atomic mass is 19.1. The number of anilines is 1. The Hall–Kier alpha value is -4.13. The average molecular weight is 502 g/mol. The quantitative estimate of drug-likeness (QED) is 0.271. The zero-order chi connectivity index (χ0) is 26.3. The van der Waals surface area contributed by atoms with Crippen LogP contribution in [0.15, 0.2) is 63.8 Å². The van der Waals surface area contributed by atoms with Gasteiger partial charge in [-0.1, -0.05) is 19.4 Å². The van der Waals surface area contributed by atoms with E-state index in [-0.39, 0.29) is 16.8 Å². The number of nitrogens with zero attached hydrogens (tertiary/aromatic N) is 1. The molecule has 7 heteroatoms. The third-order valence-electron chi connectivity index (χ3n) is 6.85. The van der Waals surface area contributed by atoms with Crippen LogP contribution in [0, 0.1) is 19.7 Å². The van der Waals surface area contributed by atoms with Gasteiger partial charge in [-0.25, -0.2) is 4.39 Å². The highest BCUT2D eigenvalue weighted by Gasteiger charge is 2.44. The molecule has 0 fully saturated rings. The topological polar surface area (TPSA) is 69.0 Å². The fourth-order valence-electron chi connectivity index (χ4n) is 4.71. The number of amides is 1. The van der Waals surface area contributed by atoms with Gasteiger partial charge in [0.15, 0.2) is 16.9 Å². The van der Waals surface area contributed by atoms with Crippen molar-refractivity contribution in [2.24, 2.45) is 0 Å². The first-order valence-electron chi connectivity index (χ1n) is 12.3. The predicted molar refractivity (Wildman–Crippen MR) is 140 cm³/mol. The summed E-state index contributed by atoms with van der Waals surface area (Å²) in [6.45, 7) is 6.48. The van der Waals surface area contributed by atoms with Crippen LogP contribution in [0.4, 0.5) is 10.1 Å². The predicted octanol–water partition coefficient (Wildman–Crippen LogP) is 6.49. The molecule has 0 saturated carbocycles. The minimum Gasteiger partial charge on any atom is -0.493 e. The maximum atomic E-state index is 13.9. The van der Waals surface area contributed by atoms with Crippen molar-refractivity contribution in [3.05, 3.63) is 98.7 Å². The molecule has 1 aliphatic rings. The largest absolute Gasteiger partial charge is 0.493 e. The van der Waals surface area contributed by atoms with Crippen LogP contribution in [0.3, 0.4) is 0 Å². The molecule has 1 amide bonds. The Kier molecular flexibility index (Phi) is 6.46. The molecule has 4 aromatic rings. The molecule has 2 heterocycles. The Morgan fingerprint density at radius 1 is 0.973 bits per heavy atom. The van der Waals surface area contributed by atoms with E-state index in [2.05, 4.69) is 6.92 Å². The number of aryl methyl sites for hydroxylation is 2. The van der Waals surface area contributed by atoms with Gasteiger partial charge in [0.25, 0.3) is 5.91 Å². The molecule has 1 aliphatic heterocycles. The van der Waals surface area contributed by atoms with Crippen LogP contribution in [-0.2, 0) is 0 Å². The molecule has 0 N–H and O–H groups in total. The molecule has 0 bridgehead atoms. The van der Waals surface area contributed by atoms with Gasteiger partial charge in [-0.05, 0) is 85.5 Å². The Balaban J connectivity index is 1.72. The van der Waals surface area contributed by atoms with Crippen molar-refractivity contribution < 1.29 is 23.1 Å². The Morgan fingerprint density at radius 2 is 1.70 bits per heavy atom. The van der Waals surface area contributed by atoms with Crippen molar-refractivity contribution in [1.29, 1.82) is 0 Å². The maximum absolute atomic E-state index is 13.9. The summed E-state index contributed by atoms with van der Waals surface area (Å²) >= 11 is 0. The minimum atomic E-state index is -0.797. The van der Waals surface area contributed by atoms with Crippen LogP contribution in [0.5, 0.6) is 11.5 Å². The van der Waals surface area contributed by atoms with Gasteiger partial charge in [0.1, 0.15) is 11.4 Å². The van der Waals surface area contributed by atoms with E-state index in [1.54, 1.807) is 31.4 Å². The number of benzene rings is 3. The first-order chi connectivity index (χ1) is 17.8. The lowest BCUT2D eigenvalue weighted by atomic mass is 9.97. The highest BCUT2D eigenvalue weighted by Crippen LogP contribution is 2.43. The second kappa shape index (κ2) is 9.73. The smallest absolute Gasteiger partial charge is 0.295 e. The number of halogens is 1. The van der Waals surface area contributed by atoms with Crippen LogP contribution in [-0.4, -0.2) is 19.6 Å². The van der Waals surface area contributed by atoms with Crippen molar-refractivity contribution in [1.82, 2.24) is 0 Å². The van der Waals surface area contributed by atoms with Crippen LogP contribution in [0.2, 0.25) is 0 Å². The van der Waals surface area contributed by atoms with Crippen molar-refractivity contribution in [3.63, 3.8) is 0 Å². The lowest BCUT2D eigenvalue weighted by Gasteiger charge is -2.26. The maximum Gasteiger partial charge on any atom is 0.295 e. The zero-order valence-electron chi connectivity index (χ0n) is 21.3. The van der Waals surface area contributed by atoms with Gasteiger partial charge in [-0.2, -0.15) is 0 Å². The van der Waals surface area contributed by atoms with Crippen molar-refractivity contribution in [2.45, 2.75) is 39.7 Å². The van der Waals surface area contributed by atoms with Crippen LogP contribution < -0.4 is 19.8 Å². The molecule has 5 rings (SSSR count). The molecule has 37 heavy (non-hydrogen) atoms. The summed E-state index contributed by atoms with van der Waals surface area (Å²) in [5.41, 5.74) is 3.32. The third kappa shape index (κ3) is 4.24. The molecule has 3 aromatic carbocycles. The molecule has 0 spiro atoms. The van der Waals surface area contributed by atoms with Crippen molar-refractivity contribution >= 4 is 22.6 Å². The van der Waals surface area contributed by atoms with E-state index in [0.717, 1.165) is 24.0 Å². The van der Waals surface area contributed by atoms with Crippen LogP contribution in [0.1, 0.15) is 58.6 Å². The highest BCUT2D eigenvalue weighted by molar-refractivity contribution is 6.10. The number of fused-ring (bicyclic) bond motifs is 2. The summed E-state index contributed by atoms with van der Waals surface area (Å²) in [4.78, 5) is 29.1. The molecule has 0 radical (unpaired) electrons. The number of hydrogen-bond donors (Lipinski definition) is 0. The first-order valence-corrected chi connectivity index (χ1v) is 12.3. The number of hydrogen-bond acceptors (Lipinski definition) is 5. The van der Waals surface area contributed by atoms with Gasteiger partial charge in [-0.3, -0.25) is 14.5 Å². The zero-order valence-corrected chi connectivity index (χ0v) is 21.3. The number of ether oxygens (including phenoxy) is 2. The number of carbonyl (C=O) groups excluding carboxylic acids is 1. The molecule has 0 aliphatic carbocycles. The van der Waals surface area contributed by atoms with Gasteiger partial charge in [0.2, 0.25) is 5.76 Å². The molecule has 190 valence electrons. The van der Waals surface area contributed by atoms with Gasteiger partial charge >= 0.3 is 0 Å². The summed E-state index contributed by atoms with van der Waals surface area (Å²) in [7, 11) is 1.55. The normalized spacial score (nSPS) is 14.8. The molecule has 0 saturated heterocycles. The lowest BCUT2D eigenvalue weighted by molar-refractivity contribution is 0.0971. The van der Waals surface area contributed by atoms with Gasteiger partial charge in [-0.15, -0.1) is 0 Å². The third-order valence-corrected chi connectivity index (χ3v) is 6.85. The van der Waals surface area contributed by atoms with Gasteiger partial charge in [0, 0.05) is 5.69 Å². The fraction of sp³-hybridized carbons (Fsp3) is 0.267. The molecule has 1 aromatic heterocycles. The molecular weight excluding hydrogens is 473 g/mol. The summed E-state index contributed by atoms with van der Waals surface area (Å²) in [6, 6.07) is 13.8. The summed E-state index contributed by atoms with van der Waals surface area (Å²) in [5, 5.41) is 0.409. The van der Waals surface area contributed by atoms with E-state index in [0.29, 0.717) is 40.3 Å². The molecular formula is C30H28FNO5. The van der Waals surface area contributed by atoms with E-state index in [4.69, 9.17) is 13.9 Å². The Morgan fingerprint density at radius 3 is 2.41 bits per heavy atom. The summed E-state index contributed by atoms with van der Waals surface area (Å²) < 4.78 is 31.3. The standard InChI is InChI=1S/C30H28FNO5/c1-5-6-13-36-23-12-7-19(16-25(23)35-4)27-26-28(33)22-14-17(2)18(3)15-24(22)37-29(26)30(34)32(27)21-10-8-20(31)9-11-21/h7-12,14-16,27H,5-6,13H2,1-4H3. The Labute approximate surface area is 214 Å². The lowest BCUT2D eigenvalue weighted by Crippen LogP contribution is -2.29. The van der Waals surface area contributed by atoms with E-state index >= 15 is 0 Å². The van der Waals surface area contributed by atoms with Crippen LogP contribution in [0.25, 0.3) is 11.0 Å². The van der Waals surface area contributed by atoms with E-state index < -0.39 is 17.8 Å². The van der Waals surface area contributed by atoms with E-state index in [1.165, 1.54) is 29.2 Å². The monoisotopic (exact) mass is 501 g/mol. The second-order valence-electron chi connectivity index (χ2n) is 9.27. The molecule has 1 atom stereocenters. The molecule has 1 unspecified atom stereocenters. The minimum absolute atomic E-state index is 0.0164. The first kappa shape index (κ1) is 24.6. The number of unbranched alkanes of at least 4 members (excludes halogenated alkanes) is 1. The summed E-state index contributed by atoms with van der Waals surface area (Å²) in [5.74, 6) is 0.161. The Bertz CT molecular complexity index is 1560. The number of methoxy groups -OCH3 is 1. The summed E-state index contributed by atoms with van der Waals surface area (Å²) in [6.07, 6.45) is 1.90. The van der Waals surface area contributed by atoms with E-state index in [9.17, 15) is 14.0 Å². The van der Waals surface area contributed by atoms with Gasteiger partial charge in [0.05, 0.1) is 30.7 Å². The van der Waals surface area contributed by atoms with Crippen LogP contribution >= 0.6 is 0 Å². The fourth-order valence-corrected chi connectivity index (χ4v) is 4.71. The van der Waals surface area contributed by atoms with Crippen molar-refractivity contribution in [2.75, 3.05) is 18.6 Å². The second-order valence-corrected chi connectivity index (χ2v) is 9.27. The SMILES string of the molecule is CCCCOc1ccc(C2c3c(oc4cc(C)c(C)cc4c3=O)C(=O)N2c2ccc(F)cc2)cc1OC. The average Bonchev–Trinajstić information content (AvgIpc) is 3.18.